The number of rotatable bonds is 3. The second-order valence-electron chi connectivity index (χ2n) is 5.91. The molecule has 2 aliphatic heterocycles. The Hall–Kier alpha value is -0.610. The van der Waals surface area contributed by atoms with Crippen LogP contribution in [0.4, 0.5) is 0 Å². The van der Waals surface area contributed by atoms with Gasteiger partial charge in [0.1, 0.15) is 0 Å². The maximum Gasteiger partial charge on any atom is 0.237 e. The molecule has 18 heavy (non-hydrogen) atoms. The monoisotopic (exact) mass is 253 g/mol. The molecule has 4 nitrogen and oxygen atoms in total. The van der Waals surface area contributed by atoms with E-state index in [0.29, 0.717) is 12.1 Å². The van der Waals surface area contributed by atoms with Crippen LogP contribution < -0.4 is 10.6 Å². The molecule has 0 aliphatic carbocycles. The molecule has 2 N–H and O–H groups in total. The molecular weight excluding hydrogens is 226 g/mol. The minimum atomic E-state index is 0.0445. The second-order valence-corrected chi connectivity index (χ2v) is 5.91. The van der Waals surface area contributed by atoms with E-state index in [-0.39, 0.29) is 11.9 Å². The molecule has 2 rings (SSSR count). The second kappa shape index (κ2) is 6.53. The van der Waals surface area contributed by atoms with Gasteiger partial charge in [-0.25, -0.2) is 0 Å². The zero-order valence-electron chi connectivity index (χ0n) is 11.7. The van der Waals surface area contributed by atoms with Crippen LogP contribution in [-0.4, -0.2) is 48.6 Å². The Kier molecular flexibility index (Phi) is 5.01. The molecule has 2 aliphatic rings. The van der Waals surface area contributed by atoms with Gasteiger partial charge in [0.2, 0.25) is 5.91 Å². The van der Waals surface area contributed by atoms with Gasteiger partial charge in [-0.1, -0.05) is 0 Å². The molecule has 1 atom stereocenters. The van der Waals surface area contributed by atoms with E-state index in [2.05, 4.69) is 29.4 Å². The van der Waals surface area contributed by atoms with Gasteiger partial charge in [0.05, 0.1) is 6.04 Å². The van der Waals surface area contributed by atoms with Crippen LogP contribution >= 0.6 is 0 Å². The largest absolute Gasteiger partial charge is 0.355 e. The van der Waals surface area contributed by atoms with Gasteiger partial charge in [-0.15, -0.1) is 0 Å². The van der Waals surface area contributed by atoms with Gasteiger partial charge < -0.3 is 15.5 Å². The summed E-state index contributed by atoms with van der Waals surface area (Å²) in [6.45, 7) is 7.68. The molecule has 1 unspecified atom stereocenters. The molecule has 2 heterocycles. The first-order chi connectivity index (χ1) is 8.66. The predicted molar refractivity (Wildman–Crippen MR) is 73.5 cm³/mol. The van der Waals surface area contributed by atoms with E-state index in [1.165, 1.54) is 12.8 Å². The number of nitrogens with zero attached hydrogens (tertiary/aromatic N) is 1. The molecular formula is C14H27N3O. The van der Waals surface area contributed by atoms with E-state index in [1.807, 2.05) is 0 Å². The number of carbonyl (C=O) groups is 1. The van der Waals surface area contributed by atoms with E-state index in [9.17, 15) is 4.79 Å². The van der Waals surface area contributed by atoms with Crippen molar-refractivity contribution in [3.05, 3.63) is 0 Å². The fourth-order valence-corrected chi connectivity index (χ4v) is 2.97. The van der Waals surface area contributed by atoms with Crippen LogP contribution in [0.3, 0.4) is 0 Å². The van der Waals surface area contributed by atoms with Crippen molar-refractivity contribution in [2.24, 2.45) is 0 Å². The Labute approximate surface area is 110 Å². The van der Waals surface area contributed by atoms with E-state index in [1.54, 1.807) is 0 Å². The van der Waals surface area contributed by atoms with Crippen LogP contribution in [-0.2, 0) is 4.79 Å². The molecule has 2 fully saturated rings. The molecule has 1 amide bonds. The van der Waals surface area contributed by atoms with Crippen LogP contribution in [0.15, 0.2) is 0 Å². The maximum atomic E-state index is 11.9. The minimum Gasteiger partial charge on any atom is -0.355 e. The fourth-order valence-electron chi connectivity index (χ4n) is 2.97. The van der Waals surface area contributed by atoms with Gasteiger partial charge >= 0.3 is 0 Å². The highest BCUT2D eigenvalue weighted by Crippen LogP contribution is 2.15. The topological polar surface area (TPSA) is 44.4 Å². The molecule has 104 valence electrons. The SMILES string of the molecule is CC(C)N1CCC(NC2CCCCNC2=O)CC1. The lowest BCUT2D eigenvalue weighted by atomic mass is 10.0. The minimum absolute atomic E-state index is 0.0445. The van der Waals surface area contributed by atoms with E-state index in [4.69, 9.17) is 0 Å². The lowest BCUT2D eigenvalue weighted by Gasteiger charge is -2.36. The molecule has 2 saturated heterocycles. The Morgan fingerprint density at radius 2 is 1.94 bits per heavy atom. The van der Waals surface area contributed by atoms with Crippen molar-refractivity contribution >= 4 is 5.91 Å². The fraction of sp³-hybridized carbons (Fsp3) is 0.929. The zero-order valence-corrected chi connectivity index (χ0v) is 11.7. The quantitative estimate of drug-likeness (QED) is 0.792. The Bertz CT molecular complexity index is 272. The molecule has 0 radical (unpaired) electrons. The number of nitrogens with one attached hydrogen (secondary N) is 2. The first-order valence-electron chi connectivity index (χ1n) is 7.44. The van der Waals surface area contributed by atoms with Crippen molar-refractivity contribution in [1.29, 1.82) is 0 Å². The summed E-state index contributed by atoms with van der Waals surface area (Å²) < 4.78 is 0. The Balaban J connectivity index is 1.78. The molecule has 0 aromatic carbocycles. The van der Waals surface area contributed by atoms with E-state index in [0.717, 1.165) is 38.9 Å². The van der Waals surface area contributed by atoms with Crippen LogP contribution in [0, 0.1) is 0 Å². The highest BCUT2D eigenvalue weighted by molar-refractivity contribution is 5.81. The summed E-state index contributed by atoms with van der Waals surface area (Å²) in [5.74, 6) is 0.207. The third-order valence-corrected chi connectivity index (χ3v) is 4.23. The highest BCUT2D eigenvalue weighted by Gasteiger charge is 2.26. The number of likely N-dealkylation sites (tertiary alicyclic amines) is 1. The van der Waals surface area contributed by atoms with Crippen LogP contribution in [0.1, 0.15) is 46.0 Å². The first-order valence-corrected chi connectivity index (χ1v) is 7.44. The average molecular weight is 253 g/mol. The Morgan fingerprint density at radius 1 is 1.22 bits per heavy atom. The number of carbonyl (C=O) groups excluding carboxylic acids is 1. The molecule has 0 bridgehead atoms. The molecule has 0 saturated carbocycles. The lowest BCUT2D eigenvalue weighted by Crippen LogP contribution is -2.51. The van der Waals surface area contributed by atoms with Gasteiger partial charge in [0.25, 0.3) is 0 Å². The number of amides is 1. The smallest absolute Gasteiger partial charge is 0.237 e. The Morgan fingerprint density at radius 3 is 2.61 bits per heavy atom. The van der Waals surface area contributed by atoms with Crippen molar-refractivity contribution in [2.45, 2.75) is 64.1 Å². The third-order valence-electron chi connectivity index (χ3n) is 4.23. The standard InChI is InChI=1S/C14H27N3O/c1-11(2)17-9-6-12(7-10-17)16-13-5-3-4-8-15-14(13)18/h11-13,16H,3-10H2,1-2H3,(H,15,18). The predicted octanol–water partition coefficient (Wildman–Crippen LogP) is 1.12. The van der Waals surface area contributed by atoms with Crippen molar-refractivity contribution in [3.63, 3.8) is 0 Å². The summed E-state index contributed by atoms with van der Waals surface area (Å²) in [4.78, 5) is 14.4. The summed E-state index contributed by atoms with van der Waals surface area (Å²) in [5, 5.41) is 6.57. The van der Waals surface area contributed by atoms with Gasteiger partial charge in [-0.05, 0) is 59.0 Å². The third kappa shape index (κ3) is 3.69. The average Bonchev–Trinajstić information content (AvgIpc) is 2.56. The maximum absolute atomic E-state index is 11.9. The van der Waals surface area contributed by atoms with Crippen LogP contribution in [0.2, 0.25) is 0 Å². The molecule has 0 aromatic heterocycles. The van der Waals surface area contributed by atoms with Gasteiger partial charge in [-0.2, -0.15) is 0 Å². The first kappa shape index (κ1) is 13.8. The summed E-state index contributed by atoms with van der Waals surface area (Å²) in [6.07, 6.45) is 5.61. The van der Waals surface area contributed by atoms with Gasteiger partial charge in [-0.3, -0.25) is 4.79 Å². The molecule has 4 heteroatoms. The zero-order chi connectivity index (χ0) is 13.0. The number of piperidine rings is 1. The summed E-state index contributed by atoms with van der Waals surface area (Å²) in [6, 6.07) is 1.21. The number of hydrogen-bond acceptors (Lipinski definition) is 3. The van der Waals surface area contributed by atoms with E-state index >= 15 is 0 Å². The van der Waals surface area contributed by atoms with Crippen molar-refractivity contribution in [1.82, 2.24) is 15.5 Å². The van der Waals surface area contributed by atoms with Crippen LogP contribution in [0.25, 0.3) is 0 Å². The summed E-state index contributed by atoms with van der Waals surface area (Å²) in [5.41, 5.74) is 0. The summed E-state index contributed by atoms with van der Waals surface area (Å²) >= 11 is 0. The van der Waals surface area contributed by atoms with Crippen molar-refractivity contribution in [3.8, 4) is 0 Å². The number of hydrogen-bond donors (Lipinski definition) is 2. The summed E-state index contributed by atoms with van der Waals surface area (Å²) in [7, 11) is 0. The van der Waals surface area contributed by atoms with Crippen molar-refractivity contribution in [2.75, 3.05) is 19.6 Å². The molecule has 0 aromatic rings. The highest BCUT2D eigenvalue weighted by atomic mass is 16.2. The van der Waals surface area contributed by atoms with E-state index < -0.39 is 0 Å². The normalized spacial score (nSPS) is 28.2. The molecule has 0 spiro atoms. The van der Waals surface area contributed by atoms with Gasteiger partial charge in [0.15, 0.2) is 0 Å². The lowest BCUT2D eigenvalue weighted by molar-refractivity contribution is -0.123. The van der Waals surface area contributed by atoms with Gasteiger partial charge in [0, 0.05) is 18.6 Å². The van der Waals surface area contributed by atoms with Crippen LogP contribution in [0.5, 0.6) is 0 Å². The van der Waals surface area contributed by atoms with Crippen molar-refractivity contribution < 1.29 is 4.79 Å².